The van der Waals surface area contributed by atoms with Gasteiger partial charge in [0.15, 0.2) is 6.61 Å². The molecule has 0 saturated carbocycles. The lowest BCUT2D eigenvalue weighted by molar-refractivity contribution is -0.136. The summed E-state index contributed by atoms with van der Waals surface area (Å²) in [5.74, 6) is 1.40. The first-order valence-corrected chi connectivity index (χ1v) is 7.73. The minimum absolute atomic E-state index is 0.00368. The zero-order valence-electron chi connectivity index (χ0n) is 13.5. The first-order chi connectivity index (χ1) is 10.5. The van der Waals surface area contributed by atoms with Gasteiger partial charge in [-0.05, 0) is 30.4 Å². The summed E-state index contributed by atoms with van der Waals surface area (Å²) >= 11 is 0. The van der Waals surface area contributed by atoms with E-state index in [1.54, 1.807) is 12.1 Å². The van der Waals surface area contributed by atoms with Gasteiger partial charge in [0, 0.05) is 20.0 Å². The summed E-state index contributed by atoms with van der Waals surface area (Å²) in [5, 5.41) is 2.70. The molecule has 22 heavy (non-hydrogen) atoms. The Morgan fingerprint density at radius 3 is 2.50 bits per heavy atom. The van der Waals surface area contributed by atoms with Crippen LogP contribution in [-0.4, -0.2) is 36.4 Å². The van der Waals surface area contributed by atoms with Crippen LogP contribution in [0.25, 0.3) is 0 Å². The van der Waals surface area contributed by atoms with Crippen molar-refractivity contribution in [1.29, 1.82) is 0 Å². The second kappa shape index (κ2) is 7.29. The number of rotatable bonds is 4. The van der Waals surface area contributed by atoms with Crippen LogP contribution in [0.4, 0.5) is 5.69 Å². The van der Waals surface area contributed by atoms with Crippen molar-refractivity contribution in [3.05, 3.63) is 24.3 Å². The third kappa shape index (κ3) is 4.48. The molecule has 1 aromatic carbocycles. The number of amides is 2. The number of benzene rings is 1. The number of nitrogens with one attached hydrogen (secondary N) is 1. The number of likely N-dealkylation sites (tertiary alicyclic amines) is 1. The highest BCUT2D eigenvalue weighted by Gasteiger charge is 2.25. The maximum atomic E-state index is 12.3. The molecule has 1 aliphatic heterocycles. The number of hydrogen-bond acceptors (Lipinski definition) is 3. The van der Waals surface area contributed by atoms with Crippen molar-refractivity contribution in [2.75, 3.05) is 25.0 Å². The number of hydrogen-bond donors (Lipinski definition) is 1. The molecule has 0 aromatic heterocycles. The predicted molar refractivity (Wildman–Crippen MR) is 85.8 cm³/mol. The van der Waals surface area contributed by atoms with Gasteiger partial charge in [-0.15, -0.1) is 0 Å². The fraction of sp³-hybridized carbons (Fsp3) is 0.529. The van der Waals surface area contributed by atoms with Crippen LogP contribution in [0.5, 0.6) is 5.75 Å². The minimum atomic E-state index is -0.166. The van der Waals surface area contributed by atoms with E-state index in [0.29, 0.717) is 23.3 Å². The number of carbonyl (C=O) groups is 2. The Labute approximate surface area is 131 Å². The number of nitrogens with zero attached hydrogens (tertiary/aromatic N) is 1. The summed E-state index contributed by atoms with van der Waals surface area (Å²) in [4.78, 5) is 25.4. The maximum absolute atomic E-state index is 12.3. The minimum Gasteiger partial charge on any atom is -0.482 e. The van der Waals surface area contributed by atoms with Crippen molar-refractivity contribution < 1.29 is 14.3 Å². The van der Waals surface area contributed by atoms with Gasteiger partial charge in [0.1, 0.15) is 5.75 Å². The summed E-state index contributed by atoms with van der Waals surface area (Å²) in [6.07, 6.45) is 1.16. The molecule has 2 unspecified atom stereocenters. The van der Waals surface area contributed by atoms with Crippen molar-refractivity contribution in [2.24, 2.45) is 11.8 Å². The van der Waals surface area contributed by atoms with E-state index < -0.39 is 0 Å². The van der Waals surface area contributed by atoms with Gasteiger partial charge in [-0.25, -0.2) is 0 Å². The van der Waals surface area contributed by atoms with Gasteiger partial charge in [0.2, 0.25) is 5.91 Å². The Morgan fingerprint density at radius 1 is 1.23 bits per heavy atom. The average Bonchev–Trinajstić information content (AvgIpc) is 2.44. The molecular formula is C17H24N2O3. The van der Waals surface area contributed by atoms with E-state index in [1.165, 1.54) is 6.92 Å². The van der Waals surface area contributed by atoms with Gasteiger partial charge in [0.05, 0.1) is 5.69 Å². The molecule has 5 nitrogen and oxygen atoms in total. The largest absolute Gasteiger partial charge is 0.482 e. The van der Waals surface area contributed by atoms with E-state index in [-0.39, 0.29) is 18.4 Å². The summed E-state index contributed by atoms with van der Waals surface area (Å²) < 4.78 is 5.62. The highest BCUT2D eigenvalue weighted by atomic mass is 16.5. The summed E-state index contributed by atoms with van der Waals surface area (Å²) in [5.41, 5.74) is 0.586. The molecule has 1 aliphatic rings. The van der Waals surface area contributed by atoms with E-state index in [9.17, 15) is 9.59 Å². The zero-order valence-corrected chi connectivity index (χ0v) is 13.5. The number of piperidine rings is 1. The number of carbonyl (C=O) groups excluding carboxylic acids is 2. The fourth-order valence-electron chi connectivity index (χ4n) is 2.98. The van der Waals surface area contributed by atoms with Gasteiger partial charge < -0.3 is 15.0 Å². The highest BCUT2D eigenvalue weighted by molar-refractivity contribution is 5.90. The molecule has 1 saturated heterocycles. The zero-order chi connectivity index (χ0) is 16.1. The van der Waals surface area contributed by atoms with Gasteiger partial charge in [-0.3, -0.25) is 9.59 Å². The predicted octanol–water partition coefficient (Wildman–Crippen LogP) is 2.53. The van der Waals surface area contributed by atoms with E-state index in [1.807, 2.05) is 17.0 Å². The standard InChI is InChI=1S/C17H24N2O3/c1-12-8-13(2)10-19(9-12)17(21)11-22-16-7-5-4-6-15(16)18-14(3)20/h4-7,12-13H,8-11H2,1-3H3,(H,18,20). The monoisotopic (exact) mass is 304 g/mol. The van der Waals surface area contributed by atoms with E-state index in [2.05, 4.69) is 19.2 Å². The Hall–Kier alpha value is -2.04. The smallest absolute Gasteiger partial charge is 0.260 e. The molecule has 1 fully saturated rings. The lowest BCUT2D eigenvalue weighted by atomic mass is 9.92. The quantitative estimate of drug-likeness (QED) is 0.930. The normalized spacial score (nSPS) is 21.3. The fourth-order valence-corrected chi connectivity index (χ4v) is 2.98. The van der Waals surface area contributed by atoms with Crippen LogP contribution in [0.2, 0.25) is 0 Å². The molecule has 2 amide bonds. The van der Waals surface area contributed by atoms with Crippen LogP contribution in [0.3, 0.4) is 0 Å². The summed E-state index contributed by atoms with van der Waals surface area (Å²) in [6, 6.07) is 7.14. The average molecular weight is 304 g/mol. The molecule has 1 heterocycles. The van der Waals surface area contributed by atoms with E-state index >= 15 is 0 Å². The Bertz CT molecular complexity index is 534. The topological polar surface area (TPSA) is 58.6 Å². The molecule has 1 aromatic rings. The first-order valence-electron chi connectivity index (χ1n) is 7.73. The number of para-hydroxylation sites is 2. The van der Waals surface area contributed by atoms with Crippen LogP contribution in [0, 0.1) is 11.8 Å². The molecule has 120 valence electrons. The number of ether oxygens (including phenoxy) is 1. The second-order valence-electron chi connectivity index (χ2n) is 6.21. The Morgan fingerprint density at radius 2 is 1.86 bits per heavy atom. The molecule has 0 aliphatic carbocycles. The van der Waals surface area contributed by atoms with Crippen LogP contribution in [0.1, 0.15) is 27.2 Å². The maximum Gasteiger partial charge on any atom is 0.260 e. The first kappa shape index (κ1) is 16.3. The van der Waals surface area contributed by atoms with Crippen LogP contribution >= 0.6 is 0 Å². The SMILES string of the molecule is CC(=O)Nc1ccccc1OCC(=O)N1CC(C)CC(C)C1. The second-order valence-corrected chi connectivity index (χ2v) is 6.21. The van der Waals surface area contributed by atoms with E-state index in [4.69, 9.17) is 4.74 Å². The van der Waals surface area contributed by atoms with Gasteiger partial charge in [-0.1, -0.05) is 26.0 Å². The molecule has 0 bridgehead atoms. The Kier molecular flexibility index (Phi) is 5.41. The van der Waals surface area contributed by atoms with Crippen molar-refractivity contribution in [1.82, 2.24) is 4.90 Å². The molecular weight excluding hydrogens is 280 g/mol. The van der Waals surface area contributed by atoms with Crippen molar-refractivity contribution in [3.8, 4) is 5.75 Å². The summed E-state index contributed by atoms with van der Waals surface area (Å²) in [7, 11) is 0. The molecule has 0 radical (unpaired) electrons. The summed E-state index contributed by atoms with van der Waals surface area (Å²) in [6.45, 7) is 7.36. The Balaban J connectivity index is 1.95. The van der Waals surface area contributed by atoms with E-state index in [0.717, 1.165) is 19.5 Å². The van der Waals surface area contributed by atoms with Crippen LogP contribution in [-0.2, 0) is 9.59 Å². The van der Waals surface area contributed by atoms with Gasteiger partial charge in [-0.2, -0.15) is 0 Å². The van der Waals surface area contributed by atoms with Crippen molar-refractivity contribution >= 4 is 17.5 Å². The molecule has 2 rings (SSSR count). The number of anilines is 1. The molecule has 1 N–H and O–H groups in total. The highest BCUT2D eigenvalue weighted by Crippen LogP contribution is 2.24. The molecule has 0 spiro atoms. The lowest BCUT2D eigenvalue weighted by Crippen LogP contribution is -2.44. The third-order valence-electron chi connectivity index (χ3n) is 3.77. The molecule has 5 heteroatoms. The van der Waals surface area contributed by atoms with Crippen molar-refractivity contribution in [2.45, 2.75) is 27.2 Å². The van der Waals surface area contributed by atoms with Crippen LogP contribution < -0.4 is 10.1 Å². The third-order valence-corrected chi connectivity index (χ3v) is 3.77. The van der Waals surface area contributed by atoms with Gasteiger partial charge >= 0.3 is 0 Å². The van der Waals surface area contributed by atoms with Crippen molar-refractivity contribution in [3.63, 3.8) is 0 Å². The van der Waals surface area contributed by atoms with Crippen LogP contribution in [0.15, 0.2) is 24.3 Å². The van der Waals surface area contributed by atoms with Gasteiger partial charge in [0.25, 0.3) is 5.91 Å². The lowest BCUT2D eigenvalue weighted by Gasteiger charge is -2.34. The molecule has 2 atom stereocenters.